The maximum Gasteiger partial charge on any atom is 0.184 e. The molecular weight excluding hydrogens is 421 g/mol. The van der Waals surface area contributed by atoms with Crippen molar-refractivity contribution in [3.8, 4) is 0 Å². The molecule has 0 amide bonds. The summed E-state index contributed by atoms with van der Waals surface area (Å²) >= 11 is 3.99. The Labute approximate surface area is 193 Å². The molecule has 2 unspecified atom stereocenters. The Bertz CT molecular complexity index is 761. The molecule has 2 atom stereocenters. The molecule has 1 aliphatic carbocycles. The third-order valence-corrected chi connectivity index (χ3v) is 9.27. The van der Waals surface area contributed by atoms with Crippen molar-refractivity contribution in [2.24, 2.45) is 5.92 Å². The van der Waals surface area contributed by atoms with E-state index in [0.717, 1.165) is 12.8 Å². The number of hydrogen-bond donors (Lipinski definition) is 0. The Morgan fingerprint density at radius 3 is 2.00 bits per heavy atom. The molecule has 0 radical (unpaired) electrons. The lowest BCUT2D eigenvalue weighted by Crippen LogP contribution is -2.51. The maximum absolute atomic E-state index is 6.96. The van der Waals surface area contributed by atoms with Crippen molar-refractivity contribution in [2.75, 3.05) is 0 Å². The van der Waals surface area contributed by atoms with Gasteiger partial charge in [-0.05, 0) is 81.6 Å². The molecule has 0 heterocycles. The molecule has 0 spiro atoms. The van der Waals surface area contributed by atoms with Crippen LogP contribution in [0, 0.1) is 5.92 Å². The van der Waals surface area contributed by atoms with Gasteiger partial charge in [0.05, 0.1) is 10.2 Å². The van der Waals surface area contributed by atoms with Crippen molar-refractivity contribution in [3.05, 3.63) is 72.8 Å². The summed E-state index contributed by atoms with van der Waals surface area (Å²) < 4.78 is 7.41. The summed E-state index contributed by atoms with van der Waals surface area (Å²) in [5.41, 5.74) is 1.07. The Balaban J connectivity index is 1.86. The summed E-state index contributed by atoms with van der Waals surface area (Å²) in [6.07, 6.45) is 6.04. The second kappa shape index (κ2) is 10.6. The second-order valence-corrected chi connectivity index (χ2v) is 16.6. The molecule has 0 saturated heterocycles. The molecule has 0 aromatic heterocycles. The number of rotatable bonds is 9. The normalized spacial score (nSPS) is 22.2. The molecule has 2 aromatic rings. The van der Waals surface area contributed by atoms with E-state index in [-0.39, 0.29) is 5.60 Å². The highest BCUT2D eigenvalue weighted by Gasteiger charge is 2.45. The number of hydrogen-bond acceptors (Lipinski definition) is 3. The van der Waals surface area contributed by atoms with Crippen LogP contribution in [0.25, 0.3) is 0 Å². The van der Waals surface area contributed by atoms with Crippen LogP contribution in [0.3, 0.4) is 0 Å². The number of thioether (sulfide) groups is 2. The summed E-state index contributed by atoms with van der Waals surface area (Å²) in [6.45, 7) is 13.6. The van der Waals surface area contributed by atoms with Crippen molar-refractivity contribution in [2.45, 2.75) is 78.6 Å². The highest BCUT2D eigenvalue weighted by Crippen LogP contribution is 2.49. The van der Waals surface area contributed by atoms with E-state index >= 15 is 0 Å². The molecule has 3 rings (SSSR count). The zero-order chi connectivity index (χ0) is 21.6. The van der Waals surface area contributed by atoms with E-state index in [4.69, 9.17) is 4.43 Å². The van der Waals surface area contributed by atoms with Gasteiger partial charge in [-0.25, -0.2) is 0 Å². The van der Waals surface area contributed by atoms with Crippen molar-refractivity contribution < 1.29 is 4.43 Å². The smallest absolute Gasteiger partial charge is 0.184 e. The van der Waals surface area contributed by atoms with Gasteiger partial charge >= 0.3 is 0 Å². The second-order valence-electron chi connectivity index (χ2n) is 9.35. The lowest BCUT2D eigenvalue weighted by Gasteiger charge is -2.49. The summed E-state index contributed by atoms with van der Waals surface area (Å²) in [5, 5.41) is 0. The van der Waals surface area contributed by atoms with Gasteiger partial charge in [0.2, 0.25) is 0 Å². The van der Waals surface area contributed by atoms with Crippen LogP contribution in [-0.2, 0) is 4.43 Å². The Hall–Kier alpha value is -0.943. The fourth-order valence-electron chi connectivity index (χ4n) is 4.51. The van der Waals surface area contributed by atoms with Crippen molar-refractivity contribution in [3.63, 3.8) is 0 Å². The minimum Gasteiger partial charge on any atom is -0.408 e. The lowest BCUT2D eigenvalue weighted by molar-refractivity contribution is 0.000193. The molecule has 0 bridgehead atoms. The first-order valence-electron chi connectivity index (χ1n) is 11.1. The van der Waals surface area contributed by atoms with Gasteiger partial charge in [0.1, 0.15) is 0 Å². The molecule has 2 aromatic carbocycles. The van der Waals surface area contributed by atoms with E-state index in [2.05, 4.69) is 93.8 Å². The summed E-state index contributed by atoms with van der Waals surface area (Å²) in [7, 11) is -1.70. The third kappa shape index (κ3) is 6.53. The minimum absolute atomic E-state index is 0.157. The van der Waals surface area contributed by atoms with Crippen LogP contribution in [0.5, 0.6) is 0 Å². The van der Waals surface area contributed by atoms with E-state index in [1.165, 1.54) is 34.6 Å². The van der Waals surface area contributed by atoms with Crippen LogP contribution < -0.4 is 0 Å². The molecule has 0 aliphatic heterocycles. The average molecular weight is 457 g/mol. The first kappa shape index (κ1) is 23.7. The van der Waals surface area contributed by atoms with E-state index in [1.54, 1.807) is 0 Å². The first-order chi connectivity index (χ1) is 14.3. The van der Waals surface area contributed by atoms with Crippen LogP contribution >= 0.6 is 23.5 Å². The lowest BCUT2D eigenvalue weighted by atomic mass is 9.71. The van der Waals surface area contributed by atoms with Crippen molar-refractivity contribution in [1.82, 2.24) is 0 Å². The quantitative estimate of drug-likeness (QED) is 0.162. The van der Waals surface area contributed by atoms with E-state index < -0.39 is 8.32 Å². The van der Waals surface area contributed by atoms with Gasteiger partial charge in [0.15, 0.2) is 8.32 Å². The van der Waals surface area contributed by atoms with Gasteiger partial charge in [-0.15, -0.1) is 23.5 Å². The Morgan fingerprint density at radius 2 is 1.53 bits per heavy atom. The monoisotopic (exact) mass is 456 g/mol. The molecule has 4 heteroatoms. The van der Waals surface area contributed by atoms with Gasteiger partial charge in [-0.1, -0.05) is 55.8 Å². The van der Waals surface area contributed by atoms with Crippen LogP contribution in [0.1, 0.15) is 39.0 Å². The van der Waals surface area contributed by atoms with Gasteiger partial charge in [-0.3, -0.25) is 0 Å². The van der Waals surface area contributed by atoms with Crippen molar-refractivity contribution in [1.29, 1.82) is 0 Å². The summed E-state index contributed by atoms with van der Waals surface area (Å²) in [4.78, 5) is 2.68. The highest BCUT2D eigenvalue weighted by molar-refractivity contribution is 8.17. The van der Waals surface area contributed by atoms with Crippen LogP contribution in [0.15, 0.2) is 82.6 Å². The van der Waals surface area contributed by atoms with E-state index in [9.17, 15) is 0 Å². The fourth-order valence-corrected chi connectivity index (χ4v) is 8.80. The molecule has 1 aliphatic rings. The average Bonchev–Trinajstić information content (AvgIpc) is 2.70. The SMILES string of the molecule is C=C(C)C1(O[Si](C)(C)C)CCCCC1CC(Sc1ccccc1)Sc1ccccc1. The topological polar surface area (TPSA) is 9.23 Å². The third-order valence-electron chi connectivity index (χ3n) is 5.72. The van der Waals surface area contributed by atoms with Crippen LogP contribution in [0.2, 0.25) is 19.6 Å². The summed E-state index contributed by atoms with van der Waals surface area (Å²) in [5.74, 6) is 0.521. The highest BCUT2D eigenvalue weighted by atomic mass is 32.2. The predicted octanol–water partition coefficient (Wildman–Crippen LogP) is 8.64. The Morgan fingerprint density at radius 1 is 1.00 bits per heavy atom. The van der Waals surface area contributed by atoms with Crippen LogP contribution in [-0.4, -0.2) is 18.5 Å². The molecule has 162 valence electrons. The molecule has 1 saturated carbocycles. The molecule has 1 nitrogen and oxygen atoms in total. The van der Waals surface area contributed by atoms with Gasteiger partial charge in [0.25, 0.3) is 0 Å². The minimum atomic E-state index is -1.70. The first-order valence-corrected chi connectivity index (χ1v) is 16.2. The van der Waals surface area contributed by atoms with Gasteiger partial charge in [-0.2, -0.15) is 0 Å². The van der Waals surface area contributed by atoms with E-state index in [1.807, 2.05) is 23.5 Å². The molecule has 1 fully saturated rings. The fraction of sp³-hybridized carbons (Fsp3) is 0.462. The van der Waals surface area contributed by atoms with Gasteiger partial charge in [0, 0.05) is 9.79 Å². The predicted molar refractivity (Wildman–Crippen MR) is 137 cm³/mol. The summed E-state index contributed by atoms with van der Waals surface area (Å²) in [6, 6.07) is 21.7. The van der Waals surface area contributed by atoms with E-state index in [0.29, 0.717) is 10.5 Å². The molecule has 0 N–H and O–H groups in total. The van der Waals surface area contributed by atoms with Crippen molar-refractivity contribution >= 4 is 31.8 Å². The zero-order valence-electron chi connectivity index (χ0n) is 18.9. The standard InChI is InChI=1S/C26H36OS2Si/c1-21(2)26(27-30(3,4)5)19-13-12-14-22(26)20-25(28-23-15-8-6-9-16-23)29-24-17-10-7-11-18-24/h6-11,15-18,22,25H,1,12-14,19-20H2,2-5H3. The molecule has 30 heavy (non-hydrogen) atoms. The Kier molecular flexibility index (Phi) is 8.36. The zero-order valence-corrected chi connectivity index (χ0v) is 21.5. The molecular formula is C26H36OS2Si. The van der Waals surface area contributed by atoms with Crippen LogP contribution in [0.4, 0.5) is 0 Å². The number of benzene rings is 2. The maximum atomic E-state index is 6.96. The largest absolute Gasteiger partial charge is 0.408 e. The van der Waals surface area contributed by atoms with Gasteiger partial charge < -0.3 is 4.43 Å².